The first-order valence-electron chi connectivity index (χ1n) is 11.5. The van der Waals surface area contributed by atoms with E-state index in [1.54, 1.807) is 0 Å². The molecule has 0 saturated carbocycles. The van der Waals surface area contributed by atoms with Gasteiger partial charge in [0.05, 0.1) is 11.5 Å². The summed E-state index contributed by atoms with van der Waals surface area (Å²) in [5.74, 6) is -0.233. The highest BCUT2D eigenvalue weighted by Gasteiger charge is 2.15. The lowest BCUT2D eigenvalue weighted by atomic mass is 10.1. The Bertz CT molecular complexity index is 576. The molecular formula is C20H42N2O6S2. The first-order chi connectivity index (χ1) is 14.2. The van der Waals surface area contributed by atoms with Gasteiger partial charge in [-0.15, -0.1) is 0 Å². The van der Waals surface area contributed by atoms with Gasteiger partial charge in [0, 0.05) is 26.2 Å². The first-order valence-corrected chi connectivity index (χ1v) is 14.7. The maximum atomic E-state index is 10.6. The molecule has 8 nitrogen and oxygen atoms in total. The van der Waals surface area contributed by atoms with Crippen molar-refractivity contribution in [2.45, 2.75) is 77.0 Å². The Labute approximate surface area is 183 Å². The SMILES string of the molecule is O=S(=O)(O)CCCCCCCCN1CCN(CCCCCCCCS(=O)(=O)O)CC1. The molecule has 2 N–H and O–H groups in total. The summed E-state index contributed by atoms with van der Waals surface area (Å²) >= 11 is 0. The molecule has 0 radical (unpaired) electrons. The third kappa shape index (κ3) is 17.4. The summed E-state index contributed by atoms with van der Waals surface area (Å²) in [6, 6.07) is 0. The molecule has 0 aromatic heterocycles. The van der Waals surface area contributed by atoms with Crippen molar-refractivity contribution >= 4 is 20.2 Å². The fourth-order valence-electron chi connectivity index (χ4n) is 3.89. The summed E-state index contributed by atoms with van der Waals surface area (Å²) in [6.45, 7) is 6.80. The number of hydrogen-bond donors (Lipinski definition) is 2. The fourth-order valence-corrected chi connectivity index (χ4v) is 5.03. The van der Waals surface area contributed by atoms with E-state index in [1.807, 2.05) is 0 Å². The Morgan fingerprint density at radius 3 is 1.03 bits per heavy atom. The van der Waals surface area contributed by atoms with Gasteiger partial charge in [0.2, 0.25) is 0 Å². The van der Waals surface area contributed by atoms with Crippen molar-refractivity contribution in [3.8, 4) is 0 Å². The predicted octanol–water partition coefficient (Wildman–Crippen LogP) is 3.06. The molecule has 0 aliphatic carbocycles. The molecule has 0 atom stereocenters. The maximum absolute atomic E-state index is 10.6. The summed E-state index contributed by atoms with van der Waals surface area (Å²) in [4.78, 5) is 5.06. The van der Waals surface area contributed by atoms with Crippen molar-refractivity contribution in [3.63, 3.8) is 0 Å². The molecule has 30 heavy (non-hydrogen) atoms. The van der Waals surface area contributed by atoms with E-state index in [0.29, 0.717) is 12.8 Å². The number of rotatable bonds is 18. The van der Waals surface area contributed by atoms with Gasteiger partial charge in [-0.05, 0) is 38.8 Å². The van der Waals surface area contributed by atoms with Crippen molar-refractivity contribution in [1.82, 2.24) is 9.80 Å². The molecule has 1 fully saturated rings. The molecule has 1 heterocycles. The number of nitrogens with zero attached hydrogens (tertiary/aromatic N) is 2. The minimum Gasteiger partial charge on any atom is -0.301 e. The van der Waals surface area contributed by atoms with Crippen LogP contribution in [0.2, 0.25) is 0 Å². The van der Waals surface area contributed by atoms with Crippen LogP contribution in [0.4, 0.5) is 0 Å². The lowest BCUT2D eigenvalue weighted by Crippen LogP contribution is -2.46. The second-order valence-corrected chi connectivity index (χ2v) is 11.6. The third-order valence-electron chi connectivity index (χ3n) is 5.72. The molecule has 0 unspecified atom stereocenters. The van der Waals surface area contributed by atoms with Crippen molar-refractivity contribution in [1.29, 1.82) is 0 Å². The zero-order valence-corrected chi connectivity index (χ0v) is 20.0. The van der Waals surface area contributed by atoms with Crippen LogP contribution in [0.25, 0.3) is 0 Å². The van der Waals surface area contributed by atoms with Crippen LogP contribution in [0.5, 0.6) is 0 Å². The van der Waals surface area contributed by atoms with Crippen molar-refractivity contribution < 1.29 is 25.9 Å². The van der Waals surface area contributed by atoms with Crippen molar-refractivity contribution in [2.24, 2.45) is 0 Å². The third-order valence-corrected chi connectivity index (χ3v) is 7.33. The summed E-state index contributed by atoms with van der Waals surface area (Å²) in [6.07, 6.45) is 11.9. The van der Waals surface area contributed by atoms with Gasteiger partial charge in [0.15, 0.2) is 0 Å². The van der Waals surface area contributed by atoms with E-state index < -0.39 is 20.2 Å². The molecule has 1 aliphatic rings. The number of hydrogen-bond acceptors (Lipinski definition) is 6. The minimum atomic E-state index is -3.79. The molecule has 180 valence electrons. The largest absolute Gasteiger partial charge is 0.301 e. The lowest BCUT2D eigenvalue weighted by molar-refractivity contribution is 0.129. The van der Waals surface area contributed by atoms with Crippen LogP contribution in [0.1, 0.15) is 77.0 Å². The molecule has 1 saturated heterocycles. The van der Waals surface area contributed by atoms with E-state index in [1.165, 1.54) is 25.7 Å². The quantitative estimate of drug-likeness (QED) is 0.232. The highest BCUT2D eigenvalue weighted by Crippen LogP contribution is 2.11. The molecule has 1 aliphatic heterocycles. The van der Waals surface area contributed by atoms with Gasteiger partial charge in [-0.1, -0.05) is 51.4 Å². The van der Waals surface area contributed by atoms with Crippen LogP contribution in [0.3, 0.4) is 0 Å². The Morgan fingerprint density at radius 1 is 0.467 bits per heavy atom. The van der Waals surface area contributed by atoms with Gasteiger partial charge in [-0.2, -0.15) is 16.8 Å². The number of piperazine rings is 1. The molecule has 0 aromatic rings. The summed E-state index contributed by atoms with van der Waals surface area (Å²) in [5, 5.41) is 0. The molecule has 0 spiro atoms. The molecule has 10 heteroatoms. The van der Waals surface area contributed by atoms with Crippen LogP contribution >= 0.6 is 0 Å². The minimum absolute atomic E-state index is 0.117. The highest BCUT2D eigenvalue weighted by atomic mass is 32.2. The molecule has 0 bridgehead atoms. The average molecular weight is 471 g/mol. The van der Waals surface area contributed by atoms with Gasteiger partial charge >= 0.3 is 0 Å². The van der Waals surface area contributed by atoms with Crippen LogP contribution < -0.4 is 0 Å². The van der Waals surface area contributed by atoms with E-state index >= 15 is 0 Å². The van der Waals surface area contributed by atoms with Crippen LogP contribution in [0, 0.1) is 0 Å². The highest BCUT2D eigenvalue weighted by molar-refractivity contribution is 7.86. The van der Waals surface area contributed by atoms with Gasteiger partial charge in [-0.25, -0.2) is 0 Å². The fraction of sp³-hybridized carbons (Fsp3) is 1.00. The first kappa shape index (κ1) is 27.8. The smallest absolute Gasteiger partial charge is 0.264 e. The standard InChI is InChI=1S/C20H42N2O6S2/c23-29(24,25)19-11-7-3-1-5-9-13-21-15-17-22(18-16-21)14-10-6-2-4-8-12-20-30(26,27)28/h1-20H2,(H,23,24,25)(H,26,27,28). The van der Waals surface area contributed by atoms with E-state index in [2.05, 4.69) is 9.80 Å². The molecule has 0 amide bonds. The molecule has 1 rings (SSSR count). The average Bonchev–Trinajstić information content (AvgIpc) is 2.65. The Hall–Kier alpha value is -0.260. The zero-order valence-electron chi connectivity index (χ0n) is 18.4. The van der Waals surface area contributed by atoms with Gasteiger partial charge < -0.3 is 9.80 Å². The summed E-state index contributed by atoms with van der Waals surface area (Å²) in [7, 11) is -7.59. The van der Waals surface area contributed by atoms with E-state index in [9.17, 15) is 16.8 Å². The molecule has 0 aromatic carbocycles. The topological polar surface area (TPSA) is 115 Å². The summed E-state index contributed by atoms with van der Waals surface area (Å²) in [5.41, 5.74) is 0. The maximum Gasteiger partial charge on any atom is 0.264 e. The predicted molar refractivity (Wildman–Crippen MR) is 121 cm³/mol. The Morgan fingerprint density at radius 2 is 0.733 bits per heavy atom. The summed E-state index contributed by atoms with van der Waals surface area (Å²) < 4.78 is 59.9. The number of unbranched alkanes of at least 4 members (excludes halogenated alkanes) is 10. The van der Waals surface area contributed by atoms with Gasteiger partial charge in [-0.3, -0.25) is 9.11 Å². The Balaban J connectivity index is 1.88. The normalized spacial score (nSPS) is 16.9. The Kier molecular flexibility index (Phi) is 14.4. The zero-order chi connectivity index (χ0) is 22.3. The van der Waals surface area contributed by atoms with Crippen molar-refractivity contribution in [2.75, 3.05) is 50.8 Å². The second kappa shape index (κ2) is 15.5. The molecular weight excluding hydrogens is 428 g/mol. The lowest BCUT2D eigenvalue weighted by Gasteiger charge is -2.34. The van der Waals surface area contributed by atoms with Crippen molar-refractivity contribution in [3.05, 3.63) is 0 Å². The van der Waals surface area contributed by atoms with E-state index in [-0.39, 0.29) is 11.5 Å². The monoisotopic (exact) mass is 470 g/mol. The second-order valence-electron chi connectivity index (χ2n) is 8.50. The van der Waals surface area contributed by atoms with Crippen LogP contribution in [0.15, 0.2) is 0 Å². The van der Waals surface area contributed by atoms with E-state index in [4.69, 9.17) is 9.11 Å². The van der Waals surface area contributed by atoms with Gasteiger partial charge in [0.25, 0.3) is 20.2 Å². The van der Waals surface area contributed by atoms with E-state index in [0.717, 1.165) is 77.8 Å². The van der Waals surface area contributed by atoms with Gasteiger partial charge in [0.1, 0.15) is 0 Å². The van der Waals surface area contributed by atoms with Crippen LogP contribution in [-0.2, 0) is 20.2 Å². The van der Waals surface area contributed by atoms with Crippen LogP contribution in [-0.4, -0.2) is 86.5 Å².